The highest BCUT2D eigenvalue weighted by Gasteiger charge is 2.29. The van der Waals surface area contributed by atoms with Gasteiger partial charge in [0.2, 0.25) is 0 Å². The van der Waals surface area contributed by atoms with Crippen molar-refractivity contribution >= 4 is 17.8 Å². The molecule has 19 heavy (non-hydrogen) atoms. The van der Waals surface area contributed by atoms with Gasteiger partial charge in [0, 0.05) is 12.3 Å². The van der Waals surface area contributed by atoms with E-state index >= 15 is 0 Å². The first kappa shape index (κ1) is 11.5. The second-order valence-corrected chi connectivity index (χ2v) is 4.15. The van der Waals surface area contributed by atoms with E-state index < -0.39 is 0 Å². The fourth-order valence-corrected chi connectivity index (χ4v) is 1.95. The number of amides is 1. The summed E-state index contributed by atoms with van der Waals surface area (Å²) in [4.78, 5) is 18.0. The Balaban J connectivity index is 1.96. The summed E-state index contributed by atoms with van der Waals surface area (Å²) in [7, 11) is 1.59. The maximum absolute atomic E-state index is 12.2. The van der Waals surface area contributed by atoms with E-state index in [-0.39, 0.29) is 5.91 Å². The molecule has 3 rings (SSSR count). The summed E-state index contributed by atoms with van der Waals surface area (Å²) in [6, 6.07) is 9.66. The second kappa shape index (κ2) is 4.57. The molecule has 0 bridgehead atoms. The normalized spacial score (nSPS) is 19.3. The van der Waals surface area contributed by atoms with Gasteiger partial charge in [0.05, 0.1) is 7.11 Å². The molecular weight excluding hydrogens is 240 g/mol. The first-order valence-corrected chi connectivity index (χ1v) is 5.91. The fourth-order valence-electron chi connectivity index (χ4n) is 1.95. The molecule has 0 atom stereocenters. The molecule has 0 fully saturated rings. The van der Waals surface area contributed by atoms with Crippen LogP contribution in [0.25, 0.3) is 6.08 Å². The summed E-state index contributed by atoms with van der Waals surface area (Å²) in [5.41, 5.74) is 1.38. The van der Waals surface area contributed by atoms with Crippen LogP contribution in [0.3, 0.4) is 0 Å². The Morgan fingerprint density at radius 2 is 2.05 bits per heavy atom. The number of carbonyl (C=O) groups is 1. The fraction of sp³-hybridized carbons (Fsp3) is 0.0667. The molecule has 1 amide bonds. The van der Waals surface area contributed by atoms with Crippen molar-refractivity contribution in [2.45, 2.75) is 0 Å². The summed E-state index contributed by atoms with van der Waals surface area (Å²) in [5.74, 6) is 1.15. The third kappa shape index (κ3) is 2.08. The SMILES string of the molecule is COC1=CC2=N/C(=C\c3ccccc3)C(=O)N2C=C1. The minimum Gasteiger partial charge on any atom is -0.497 e. The molecule has 0 saturated heterocycles. The molecule has 0 aliphatic carbocycles. The lowest BCUT2D eigenvalue weighted by Gasteiger charge is -2.15. The van der Waals surface area contributed by atoms with Crippen molar-refractivity contribution in [2.24, 2.45) is 4.99 Å². The summed E-state index contributed by atoms with van der Waals surface area (Å²) in [6.45, 7) is 0. The molecule has 0 saturated carbocycles. The van der Waals surface area contributed by atoms with Gasteiger partial charge in [-0.15, -0.1) is 0 Å². The zero-order chi connectivity index (χ0) is 13.2. The predicted octanol–water partition coefficient (Wildman–Crippen LogP) is 2.33. The number of rotatable bonds is 2. The highest BCUT2D eigenvalue weighted by atomic mass is 16.5. The Morgan fingerprint density at radius 1 is 1.26 bits per heavy atom. The Bertz CT molecular complexity index is 639. The van der Waals surface area contributed by atoms with Crippen molar-refractivity contribution < 1.29 is 9.53 Å². The van der Waals surface area contributed by atoms with Gasteiger partial charge in [0.15, 0.2) is 0 Å². The van der Waals surface area contributed by atoms with E-state index in [1.165, 1.54) is 4.90 Å². The molecule has 4 heteroatoms. The maximum atomic E-state index is 12.2. The van der Waals surface area contributed by atoms with Crippen LogP contribution in [0.4, 0.5) is 0 Å². The van der Waals surface area contributed by atoms with E-state index in [9.17, 15) is 4.79 Å². The zero-order valence-electron chi connectivity index (χ0n) is 10.4. The van der Waals surface area contributed by atoms with Gasteiger partial charge < -0.3 is 4.74 Å². The van der Waals surface area contributed by atoms with Crippen LogP contribution in [0, 0.1) is 0 Å². The van der Waals surface area contributed by atoms with Gasteiger partial charge in [0.25, 0.3) is 5.91 Å². The van der Waals surface area contributed by atoms with Crippen LogP contribution in [0.2, 0.25) is 0 Å². The first-order valence-electron chi connectivity index (χ1n) is 5.91. The van der Waals surface area contributed by atoms with Crippen LogP contribution in [-0.4, -0.2) is 23.8 Å². The monoisotopic (exact) mass is 252 g/mol. The number of ether oxygens (including phenoxy) is 1. The summed E-state index contributed by atoms with van der Waals surface area (Å²) >= 11 is 0. The molecule has 0 radical (unpaired) electrons. The molecule has 4 nitrogen and oxygen atoms in total. The van der Waals surface area contributed by atoms with E-state index in [0.717, 1.165) is 5.56 Å². The number of fused-ring (bicyclic) bond motifs is 1. The number of carbonyl (C=O) groups excluding carboxylic acids is 1. The quantitative estimate of drug-likeness (QED) is 0.758. The molecule has 2 aliphatic heterocycles. The molecule has 0 aromatic heterocycles. The van der Waals surface area contributed by atoms with Gasteiger partial charge >= 0.3 is 0 Å². The largest absolute Gasteiger partial charge is 0.497 e. The van der Waals surface area contributed by atoms with Gasteiger partial charge in [0.1, 0.15) is 17.3 Å². The number of methoxy groups -OCH3 is 1. The van der Waals surface area contributed by atoms with E-state index in [4.69, 9.17) is 4.74 Å². The van der Waals surface area contributed by atoms with E-state index in [1.807, 2.05) is 30.3 Å². The molecule has 0 spiro atoms. The Kier molecular flexibility index (Phi) is 2.76. The summed E-state index contributed by atoms with van der Waals surface area (Å²) in [6.07, 6.45) is 6.93. The number of amidine groups is 1. The van der Waals surface area contributed by atoms with Gasteiger partial charge in [-0.25, -0.2) is 4.99 Å². The van der Waals surface area contributed by atoms with E-state index in [2.05, 4.69) is 4.99 Å². The van der Waals surface area contributed by atoms with Crippen molar-refractivity contribution in [3.05, 3.63) is 65.7 Å². The highest BCUT2D eigenvalue weighted by Crippen LogP contribution is 2.22. The topological polar surface area (TPSA) is 41.9 Å². The second-order valence-electron chi connectivity index (χ2n) is 4.15. The average molecular weight is 252 g/mol. The number of nitrogens with zero attached hydrogens (tertiary/aromatic N) is 2. The molecule has 1 aromatic rings. The molecular formula is C15H12N2O2. The molecule has 0 N–H and O–H groups in total. The van der Waals surface area contributed by atoms with Crippen LogP contribution in [0.15, 0.2) is 65.1 Å². The Labute approximate surface area is 111 Å². The predicted molar refractivity (Wildman–Crippen MR) is 72.9 cm³/mol. The van der Waals surface area contributed by atoms with Crippen LogP contribution in [0.1, 0.15) is 5.56 Å². The number of allylic oxidation sites excluding steroid dienone is 1. The van der Waals surface area contributed by atoms with Crippen LogP contribution in [0.5, 0.6) is 0 Å². The van der Waals surface area contributed by atoms with Crippen LogP contribution < -0.4 is 0 Å². The van der Waals surface area contributed by atoms with Crippen molar-refractivity contribution in [1.29, 1.82) is 0 Å². The lowest BCUT2D eigenvalue weighted by Crippen LogP contribution is -2.27. The van der Waals surface area contributed by atoms with Crippen molar-refractivity contribution in [2.75, 3.05) is 7.11 Å². The molecule has 1 aromatic carbocycles. The first-order chi connectivity index (χ1) is 9.28. The highest BCUT2D eigenvalue weighted by molar-refractivity contribution is 6.19. The summed E-state index contributed by atoms with van der Waals surface area (Å²) < 4.78 is 5.12. The molecule has 2 aliphatic rings. The lowest BCUT2D eigenvalue weighted by molar-refractivity contribution is -0.120. The smallest absolute Gasteiger partial charge is 0.282 e. The van der Waals surface area contributed by atoms with E-state index in [1.54, 1.807) is 31.5 Å². The van der Waals surface area contributed by atoms with Crippen molar-refractivity contribution in [3.8, 4) is 0 Å². The molecule has 94 valence electrons. The maximum Gasteiger partial charge on any atom is 0.282 e. The average Bonchev–Trinajstić information content (AvgIpc) is 2.76. The number of hydrogen-bond donors (Lipinski definition) is 0. The third-order valence-electron chi connectivity index (χ3n) is 2.92. The van der Waals surface area contributed by atoms with Crippen molar-refractivity contribution in [3.63, 3.8) is 0 Å². The number of benzene rings is 1. The number of hydrogen-bond acceptors (Lipinski definition) is 3. The summed E-state index contributed by atoms with van der Waals surface area (Å²) in [5, 5.41) is 0. The molecule has 2 heterocycles. The Hall–Kier alpha value is -2.62. The minimum absolute atomic E-state index is 0.124. The van der Waals surface area contributed by atoms with E-state index in [0.29, 0.717) is 17.3 Å². The van der Waals surface area contributed by atoms with Gasteiger partial charge in [-0.1, -0.05) is 30.3 Å². The Morgan fingerprint density at radius 3 is 2.79 bits per heavy atom. The number of aliphatic imine (C=N–C) groups is 1. The third-order valence-corrected chi connectivity index (χ3v) is 2.92. The van der Waals surface area contributed by atoms with Gasteiger partial charge in [-0.05, 0) is 17.7 Å². The minimum atomic E-state index is -0.124. The van der Waals surface area contributed by atoms with Crippen LogP contribution in [-0.2, 0) is 9.53 Å². The van der Waals surface area contributed by atoms with Gasteiger partial charge in [-0.2, -0.15) is 0 Å². The van der Waals surface area contributed by atoms with Crippen molar-refractivity contribution in [1.82, 2.24) is 4.90 Å². The lowest BCUT2D eigenvalue weighted by atomic mass is 10.2. The molecule has 0 unspecified atom stereocenters. The van der Waals surface area contributed by atoms with Crippen LogP contribution >= 0.6 is 0 Å². The zero-order valence-corrected chi connectivity index (χ0v) is 10.4. The van der Waals surface area contributed by atoms with Gasteiger partial charge in [-0.3, -0.25) is 9.69 Å². The standard InChI is InChI=1S/C15H12N2O2/c1-19-12-7-8-17-14(10-12)16-13(15(17)18)9-11-5-3-2-4-6-11/h2-10H,1H3/b13-9-.